The molecule has 0 radical (unpaired) electrons. The highest BCUT2D eigenvalue weighted by atomic mass is 16.5. The zero-order chi connectivity index (χ0) is 12.0. The van der Waals surface area contributed by atoms with Crippen LogP contribution < -0.4 is 10.6 Å². The van der Waals surface area contributed by atoms with Crippen molar-refractivity contribution < 1.29 is 9.53 Å². The molecule has 1 fully saturated rings. The van der Waals surface area contributed by atoms with Crippen molar-refractivity contribution in [1.82, 2.24) is 10.6 Å². The Morgan fingerprint density at radius 2 is 2.19 bits per heavy atom. The van der Waals surface area contributed by atoms with Crippen LogP contribution in [0.15, 0.2) is 0 Å². The van der Waals surface area contributed by atoms with Crippen molar-refractivity contribution in [2.45, 2.75) is 33.3 Å². The Balaban J connectivity index is 2.14. The number of carbonyl (C=O) groups is 1. The molecule has 1 aliphatic heterocycles. The van der Waals surface area contributed by atoms with Crippen LogP contribution in [0.1, 0.15) is 27.2 Å². The summed E-state index contributed by atoms with van der Waals surface area (Å²) < 4.78 is 5.62. The topological polar surface area (TPSA) is 50.4 Å². The summed E-state index contributed by atoms with van der Waals surface area (Å²) in [5, 5.41) is 6.06. The van der Waals surface area contributed by atoms with E-state index < -0.39 is 0 Å². The minimum atomic E-state index is 0.178. The Bertz CT molecular complexity index is 215. The van der Waals surface area contributed by atoms with E-state index in [0.717, 1.165) is 32.7 Å². The van der Waals surface area contributed by atoms with E-state index in [9.17, 15) is 4.79 Å². The summed E-state index contributed by atoms with van der Waals surface area (Å²) in [6.07, 6.45) is 1.15. The summed E-state index contributed by atoms with van der Waals surface area (Å²) in [4.78, 5) is 11.5. The molecule has 0 bridgehead atoms. The highest BCUT2D eigenvalue weighted by molar-refractivity contribution is 5.79. The number of carbonyl (C=O) groups excluding carboxylic acids is 1. The first-order valence-corrected chi connectivity index (χ1v) is 6.25. The molecular formula is C12H24N2O2. The van der Waals surface area contributed by atoms with E-state index in [1.54, 1.807) is 0 Å². The van der Waals surface area contributed by atoms with E-state index >= 15 is 0 Å². The molecule has 1 unspecified atom stereocenters. The van der Waals surface area contributed by atoms with Crippen LogP contribution in [0.4, 0.5) is 0 Å². The maximum atomic E-state index is 11.5. The second kappa shape index (κ2) is 6.86. The second-order valence-electron chi connectivity index (χ2n) is 4.67. The Labute approximate surface area is 98.1 Å². The van der Waals surface area contributed by atoms with Gasteiger partial charge in [-0.05, 0) is 19.3 Å². The third-order valence-electron chi connectivity index (χ3n) is 3.00. The average molecular weight is 228 g/mol. The zero-order valence-corrected chi connectivity index (χ0v) is 10.6. The largest absolute Gasteiger partial charge is 0.378 e. The van der Waals surface area contributed by atoms with E-state index in [1.165, 1.54) is 0 Å². The molecule has 1 heterocycles. The van der Waals surface area contributed by atoms with Crippen LogP contribution in [0.2, 0.25) is 0 Å². The van der Waals surface area contributed by atoms with Gasteiger partial charge in [-0.2, -0.15) is 0 Å². The molecule has 1 saturated heterocycles. The summed E-state index contributed by atoms with van der Waals surface area (Å²) in [6, 6.07) is 0. The first-order valence-electron chi connectivity index (χ1n) is 6.25. The summed E-state index contributed by atoms with van der Waals surface area (Å²) in [5.74, 6) is 0.865. The van der Waals surface area contributed by atoms with Crippen molar-refractivity contribution in [3.63, 3.8) is 0 Å². The van der Waals surface area contributed by atoms with Crippen LogP contribution in [-0.4, -0.2) is 38.3 Å². The van der Waals surface area contributed by atoms with Gasteiger partial charge in [0.1, 0.15) is 0 Å². The molecule has 0 saturated carbocycles. The van der Waals surface area contributed by atoms with Crippen LogP contribution in [0, 0.1) is 11.8 Å². The predicted molar refractivity (Wildman–Crippen MR) is 64.2 cm³/mol. The van der Waals surface area contributed by atoms with Gasteiger partial charge in [-0.1, -0.05) is 13.8 Å². The Hall–Kier alpha value is -0.610. The highest BCUT2D eigenvalue weighted by Gasteiger charge is 2.24. The van der Waals surface area contributed by atoms with Gasteiger partial charge < -0.3 is 15.4 Å². The average Bonchev–Trinajstić information content (AvgIpc) is 2.13. The quantitative estimate of drug-likeness (QED) is 0.677. The van der Waals surface area contributed by atoms with E-state index in [0.29, 0.717) is 5.92 Å². The van der Waals surface area contributed by atoms with Gasteiger partial charge in [-0.15, -0.1) is 0 Å². The lowest BCUT2D eigenvalue weighted by Crippen LogP contribution is -2.51. The molecule has 0 aromatic heterocycles. The summed E-state index contributed by atoms with van der Waals surface area (Å²) in [5.41, 5.74) is 0. The lowest BCUT2D eigenvalue weighted by Gasteiger charge is -2.26. The first-order chi connectivity index (χ1) is 7.65. The molecule has 1 amide bonds. The highest BCUT2D eigenvalue weighted by Crippen LogP contribution is 2.10. The van der Waals surface area contributed by atoms with Crippen molar-refractivity contribution in [1.29, 1.82) is 0 Å². The minimum absolute atomic E-state index is 0.178. The Morgan fingerprint density at radius 1 is 1.50 bits per heavy atom. The Morgan fingerprint density at radius 3 is 2.62 bits per heavy atom. The lowest BCUT2D eigenvalue weighted by atomic mass is 10.0. The number of nitrogens with one attached hydrogen (secondary N) is 2. The molecule has 0 aromatic rings. The summed E-state index contributed by atoms with van der Waals surface area (Å²) in [7, 11) is 0. The van der Waals surface area contributed by atoms with Crippen molar-refractivity contribution in [2.24, 2.45) is 11.8 Å². The van der Waals surface area contributed by atoms with Crippen molar-refractivity contribution in [3.05, 3.63) is 0 Å². The van der Waals surface area contributed by atoms with Gasteiger partial charge in [0, 0.05) is 26.2 Å². The van der Waals surface area contributed by atoms with Crippen LogP contribution in [-0.2, 0) is 9.53 Å². The number of amides is 1. The molecule has 0 aromatic carbocycles. The van der Waals surface area contributed by atoms with Gasteiger partial charge in [-0.25, -0.2) is 0 Å². The maximum absolute atomic E-state index is 11.5. The summed E-state index contributed by atoms with van der Waals surface area (Å²) in [6.45, 7) is 9.42. The van der Waals surface area contributed by atoms with E-state index in [2.05, 4.69) is 24.5 Å². The van der Waals surface area contributed by atoms with Gasteiger partial charge in [-0.3, -0.25) is 4.79 Å². The van der Waals surface area contributed by atoms with Gasteiger partial charge in [0.2, 0.25) is 5.91 Å². The molecule has 94 valence electrons. The SMILES string of the molecule is CCOC(CCNC(=O)C1CNC1)C(C)C. The normalized spacial score (nSPS) is 18.2. The lowest BCUT2D eigenvalue weighted by molar-refractivity contribution is -0.126. The smallest absolute Gasteiger partial charge is 0.225 e. The van der Waals surface area contributed by atoms with E-state index in [-0.39, 0.29) is 17.9 Å². The molecular weight excluding hydrogens is 204 g/mol. The van der Waals surface area contributed by atoms with Crippen molar-refractivity contribution in [3.8, 4) is 0 Å². The molecule has 1 rings (SSSR count). The molecule has 16 heavy (non-hydrogen) atoms. The Kier molecular flexibility index (Phi) is 5.77. The molecule has 2 N–H and O–H groups in total. The van der Waals surface area contributed by atoms with Crippen molar-refractivity contribution >= 4 is 5.91 Å². The standard InChI is InChI=1S/C12H24N2O2/c1-4-16-11(9(2)3)5-6-14-12(15)10-7-13-8-10/h9-11,13H,4-8H2,1-3H3,(H,14,15). The number of rotatable bonds is 7. The van der Waals surface area contributed by atoms with Crippen LogP contribution >= 0.6 is 0 Å². The number of hydrogen-bond donors (Lipinski definition) is 2. The van der Waals surface area contributed by atoms with Crippen molar-refractivity contribution in [2.75, 3.05) is 26.2 Å². The number of hydrogen-bond acceptors (Lipinski definition) is 3. The van der Waals surface area contributed by atoms with E-state index in [4.69, 9.17) is 4.74 Å². The van der Waals surface area contributed by atoms with Gasteiger partial charge in [0.25, 0.3) is 0 Å². The fourth-order valence-electron chi connectivity index (χ4n) is 1.78. The van der Waals surface area contributed by atoms with E-state index in [1.807, 2.05) is 6.92 Å². The molecule has 1 atom stereocenters. The van der Waals surface area contributed by atoms with Gasteiger partial charge in [0.05, 0.1) is 12.0 Å². The van der Waals surface area contributed by atoms with Crippen LogP contribution in [0.5, 0.6) is 0 Å². The molecule has 4 heteroatoms. The third kappa shape index (κ3) is 4.10. The fourth-order valence-corrected chi connectivity index (χ4v) is 1.78. The van der Waals surface area contributed by atoms with Gasteiger partial charge in [0.15, 0.2) is 0 Å². The van der Waals surface area contributed by atoms with Gasteiger partial charge >= 0.3 is 0 Å². The number of ether oxygens (including phenoxy) is 1. The maximum Gasteiger partial charge on any atom is 0.225 e. The third-order valence-corrected chi connectivity index (χ3v) is 3.00. The predicted octanol–water partition coefficient (Wildman–Crippen LogP) is 0.773. The minimum Gasteiger partial charge on any atom is -0.378 e. The molecule has 4 nitrogen and oxygen atoms in total. The zero-order valence-electron chi connectivity index (χ0n) is 10.6. The second-order valence-corrected chi connectivity index (χ2v) is 4.67. The summed E-state index contributed by atoms with van der Waals surface area (Å²) >= 11 is 0. The molecule has 0 spiro atoms. The van der Waals surface area contributed by atoms with Crippen LogP contribution in [0.25, 0.3) is 0 Å². The molecule has 0 aliphatic carbocycles. The fraction of sp³-hybridized carbons (Fsp3) is 0.917. The van der Waals surface area contributed by atoms with Crippen LogP contribution in [0.3, 0.4) is 0 Å². The molecule has 1 aliphatic rings. The first kappa shape index (κ1) is 13.5. The monoisotopic (exact) mass is 228 g/mol.